The molecule has 0 radical (unpaired) electrons. The van der Waals surface area contributed by atoms with E-state index >= 15 is 0 Å². The minimum absolute atomic E-state index is 0.169. The lowest BCUT2D eigenvalue weighted by molar-refractivity contribution is -0.150. The Labute approximate surface area is 112 Å². The van der Waals surface area contributed by atoms with Crippen molar-refractivity contribution in [1.82, 2.24) is 0 Å². The van der Waals surface area contributed by atoms with Crippen molar-refractivity contribution in [3.05, 3.63) is 48.0 Å². The lowest BCUT2D eigenvalue weighted by Gasteiger charge is -2.13. The summed E-state index contributed by atoms with van der Waals surface area (Å²) >= 11 is 0. The van der Waals surface area contributed by atoms with Gasteiger partial charge in [0.2, 0.25) is 0 Å². The summed E-state index contributed by atoms with van der Waals surface area (Å²) in [7, 11) is 0. The Balaban J connectivity index is 2.15. The van der Waals surface area contributed by atoms with Crippen LogP contribution in [0.2, 0.25) is 0 Å². The maximum Gasteiger partial charge on any atom is 0.313 e. The van der Waals surface area contributed by atoms with Crippen LogP contribution in [0.5, 0.6) is 0 Å². The summed E-state index contributed by atoms with van der Waals surface area (Å²) in [5.41, 5.74) is 0.926. The molecule has 0 aliphatic rings. The van der Waals surface area contributed by atoms with E-state index in [0.717, 1.165) is 16.3 Å². The number of hydrogen-bond donors (Lipinski definition) is 0. The van der Waals surface area contributed by atoms with Crippen molar-refractivity contribution >= 4 is 22.5 Å². The Hall–Kier alpha value is -2.16. The van der Waals surface area contributed by atoms with Gasteiger partial charge in [0.05, 0.1) is 0 Å². The molecule has 0 amide bonds. The van der Waals surface area contributed by atoms with Gasteiger partial charge in [-0.3, -0.25) is 9.59 Å². The van der Waals surface area contributed by atoms with Crippen molar-refractivity contribution < 1.29 is 14.3 Å². The van der Waals surface area contributed by atoms with Gasteiger partial charge in [-0.2, -0.15) is 0 Å². The van der Waals surface area contributed by atoms with E-state index in [2.05, 4.69) is 0 Å². The molecule has 0 heterocycles. The standard InChI is InChI=1S/C16H16O3/c1-11(17)9-16(18)19-12(2)14-8-7-13-5-3-4-6-15(13)10-14/h3-8,10,12H,9H2,1-2H3/t12-/m1/s1. The predicted molar refractivity (Wildman–Crippen MR) is 73.8 cm³/mol. The summed E-state index contributed by atoms with van der Waals surface area (Å²) in [6.45, 7) is 3.18. The second kappa shape index (κ2) is 5.65. The van der Waals surface area contributed by atoms with E-state index in [0.29, 0.717) is 0 Å². The fourth-order valence-electron chi connectivity index (χ4n) is 1.97. The Morgan fingerprint density at radius 1 is 1.11 bits per heavy atom. The zero-order valence-corrected chi connectivity index (χ0v) is 11.1. The summed E-state index contributed by atoms with van der Waals surface area (Å²) in [6, 6.07) is 13.9. The third kappa shape index (κ3) is 3.41. The lowest BCUT2D eigenvalue weighted by atomic mass is 10.0. The van der Waals surface area contributed by atoms with E-state index in [1.54, 1.807) is 0 Å². The van der Waals surface area contributed by atoms with Crippen LogP contribution in [-0.4, -0.2) is 11.8 Å². The molecule has 1 atom stereocenters. The first-order valence-electron chi connectivity index (χ1n) is 6.24. The van der Waals surface area contributed by atoms with E-state index in [1.807, 2.05) is 49.4 Å². The van der Waals surface area contributed by atoms with E-state index < -0.39 is 5.97 Å². The van der Waals surface area contributed by atoms with Crippen LogP contribution in [0.1, 0.15) is 31.9 Å². The van der Waals surface area contributed by atoms with Gasteiger partial charge >= 0.3 is 5.97 Å². The molecular formula is C16H16O3. The van der Waals surface area contributed by atoms with Crippen LogP contribution >= 0.6 is 0 Å². The normalized spacial score (nSPS) is 12.1. The number of Topliss-reactive ketones (excluding diaryl/α,β-unsaturated/α-hetero) is 1. The number of esters is 1. The van der Waals surface area contributed by atoms with Crippen LogP contribution in [0.4, 0.5) is 0 Å². The van der Waals surface area contributed by atoms with Crippen LogP contribution in [0.3, 0.4) is 0 Å². The predicted octanol–water partition coefficient (Wildman–Crippen LogP) is 3.42. The fourth-order valence-corrected chi connectivity index (χ4v) is 1.97. The van der Waals surface area contributed by atoms with Gasteiger partial charge in [0.15, 0.2) is 0 Å². The van der Waals surface area contributed by atoms with Crippen molar-refractivity contribution in [1.29, 1.82) is 0 Å². The molecule has 2 aromatic carbocycles. The Morgan fingerprint density at radius 3 is 2.47 bits per heavy atom. The highest BCUT2D eigenvalue weighted by Crippen LogP contribution is 2.22. The van der Waals surface area contributed by atoms with Crippen LogP contribution in [0.15, 0.2) is 42.5 Å². The molecule has 2 rings (SSSR count). The van der Waals surface area contributed by atoms with Crippen LogP contribution in [-0.2, 0) is 14.3 Å². The van der Waals surface area contributed by atoms with E-state index in [9.17, 15) is 9.59 Å². The van der Waals surface area contributed by atoms with Gasteiger partial charge in [0.25, 0.3) is 0 Å². The first-order valence-corrected chi connectivity index (χ1v) is 6.24. The number of hydrogen-bond acceptors (Lipinski definition) is 3. The first-order chi connectivity index (χ1) is 9.06. The monoisotopic (exact) mass is 256 g/mol. The molecule has 0 saturated heterocycles. The minimum atomic E-state index is -0.479. The summed E-state index contributed by atoms with van der Waals surface area (Å²) in [6.07, 6.45) is -0.519. The number of ether oxygens (including phenoxy) is 1. The van der Waals surface area contributed by atoms with E-state index in [-0.39, 0.29) is 18.3 Å². The van der Waals surface area contributed by atoms with Crippen LogP contribution < -0.4 is 0 Å². The number of carbonyl (C=O) groups is 2. The van der Waals surface area contributed by atoms with Crippen LogP contribution in [0, 0.1) is 0 Å². The minimum Gasteiger partial charge on any atom is -0.457 e. The molecule has 3 nitrogen and oxygen atoms in total. The summed E-state index contributed by atoms with van der Waals surface area (Å²) in [5, 5.41) is 2.25. The average molecular weight is 256 g/mol. The van der Waals surface area contributed by atoms with Gasteiger partial charge in [-0.25, -0.2) is 0 Å². The Kier molecular flexibility index (Phi) is 3.95. The molecule has 2 aromatic rings. The Bertz CT molecular complexity index is 616. The van der Waals surface area contributed by atoms with Gasteiger partial charge in [0, 0.05) is 0 Å². The Morgan fingerprint density at radius 2 is 1.79 bits per heavy atom. The third-order valence-corrected chi connectivity index (χ3v) is 2.94. The lowest BCUT2D eigenvalue weighted by Crippen LogP contribution is -2.11. The smallest absolute Gasteiger partial charge is 0.313 e. The molecule has 0 spiro atoms. The highest BCUT2D eigenvalue weighted by Gasteiger charge is 2.13. The molecule has 0 aliphatic heterocycles. The highest BCUT2D eigenvalue weighted by atomic mass is 16.5. The third-order valence-electron chi connectivity index (χ3n) is 2.94. The van der Waals surface area contributed by atoms with Gasteiger partial charge in [-0.15, -0.1) is 0 Å². The van der Waals surface area contributed by atoms with Gasteiger partial charge in [0.1, 0.15) is 18.3 Å². The molecule has 0 fully saturated rings. The molecule has 0 unspecified atom stereocenters. The molecule has 0 N–H and O–H groups in total. The summed E-state index contributed by atoms with van der Waals surface area (Å²) in [4.78, 5) is 22.3. The SMILES string of the molecule is CC(=O)CC(=O)O[C@H](C)c1ccc2ccccc2c1. The van der Waals surface area contributed by atoms with Crippen molar-refractivity contribution in [3.8, 4) is 0 Å². The van der Waals surface area contributed by atoms with Crippen molar-refractivity contribution in [2.24, 2.45) is 0 Å². The highest BCUT2D eigenvalue weighted by molar-refractivity contribution is 5.94. The second-order valence-corrected chi connectivity index (χ2v) is 4.62. The maximum atomic E-state index is 11.5. The fraction of sp³-hybridized carbons (Fsp3) is 0.250. The van der Waals surface area contributed by atoms with Crippen molar-refractivity contribution in [2.45, 2.75) is 26.4 Å². The average Bonchev–Trinajstić information content (AvgIpc) is 2.37. The first kappa shape index (κ1) is 13.3. The van der Waals surface area contributed by atoms with E-state index in [1.165, 1.54) is 6.92 Å². The van der Waals surface area contributed by atoms with E-state index in [4.69, 9.17) is 4.74 Å². The molecule has 0 aliphatic carbocycles. The van der Waals surface area contributed by atoms with Gasteiger partial charge in [-0.05, 0) is 36.2 Å². The molecule has 0 bridgehead atoms. The quantitative estimate of drug-likeness (QED) is 0.622. The second-order valence-electron chi connectivity index (χ2n) is 4.62. The molecule has 98 valence electrons. The van der Waals surface area contributed by atoms with Crippen molar-refractivity contribution in [2.75, 3.05) is 0 Å². The number of fused-ring (bicyclic) bond motifs is 1. The molecule has 0 aromatic heterocycles. The van der Waals surface area contributed by atoms with Gasteiger partial charge < -0.3 is 4.74 Å². The maximum absolute atomic E-state index is 11.5. The topological polar surface area (TPSA) is 43.4 Å². The van der Waals surface area contributed by atoms with Crippen LogP contribution in [0.25, 0.3) is 10.8 Å². The number of carbonyl (C=O) groups excluding carboxylic acids is 2. The molecule has 3 heteroatoms. The molecule has 0 saturated carbocycles. The molecular weight excluding hydrogens is 240 g/mol. The largest absolute Gasteiger partial charge is 0.457 e. The van der Waals surface area contributed by atoms with Gasteiger partial charge in [-0.1, -0.05) is 36.4 Å². The zero-order chi connectivity index (χ0) is 13.8. The number of rotatable bonds is 4. The molecule has 19 heavy (non-hydrogen) atoms. The number of ketones is 1. The zero-order valence-electron chi connectivity index (χ0n) is 11.1. The van der Waals surface area contributed by atoms with Crippen molar-refractivity contribution in [3.63, 3.8) is 0 Å². The number of benzene rings is 2. The summed E-state index contributed by atoms with van der Waals surface area (Å²) < 4.78 is 5.24. The summed E-state index contributed by atoms with van der Waals surface area (Å²) in [5.74, 6) is -0.663.